The molecular weight excluding hydrogens is 381 g/mol. The van der Waals surface area contributed by atoms with Crippen molar-refractivity contribution in [1.29, 1.82) is 0 Å². The van der Waals surface area contributed by atoms with Crippen molar-refractivity contribution in [3.05, 3.63) is 38.7 Å². The fraction of sp³-hybridized carbons (Fsp3) is 0.471. The van der Waals surface area contributed by atoms with Crippen molar-refractivity contribution < 1.29 is 19.1 Å². The Hall–Kier alpha value is -1.99. The molecule has 9 heteroatoms. The molecule has 0 amide bonds. The highest BCUT2D eigenvalue weighted by molar-refractivity contribution is 6.40. The molecular formula is C17H21Cl2N3O4. The smallest absolute Gasteiger partial charge is 0.337 e. The molecule has 1 atom stereocenters. The van der Waals surface area contributed by atoms with Gasteiger partial charge in [-0.2, -0.15) is 0 Å². The lowest BCUT2D eigenvalue weighted by Gasteiger charge is -2.29. The number of aromatic nitrogens is 2. The Morgan fingerprint density at radius 2 is 1.73 bits per heavy atom. The van der Waals surface area contributed by atoms with Gasteiger partial charge in [0.25, 0.3) is 0 Å². The number of nitrogens with zero attached hydrogens (tertiary/aromatic N) is 1. The average molecular weight is 402 g/mol. The predicted octanol–water partition coefficient (Wildman–Crippen LogP) is 3.47. The Bertz CT molecular complexity index is 776. The minimum absolute atomic E-state index is 0.0512. The molecule has 0 saturated carbocycles. The van der Waals surface area contributed by atoms with Crippen LogP contribution in [0.3, 0.4) is 0 Å². The van der Waals surface area contributed by atoms with Crippen LogP contribution in [0.2, 0.25) is 10.3 Å². The van der Waals surface area contributed by atoms with Crippen LogP contribution < -0.4 is 5.32 Å². The van der Waals surface area contributed by atoms with Crippen LogP contribution in [0.25, 0.3) is 0 Å². The quantitative estimate of drug-likeness (QED) is 0.733. The summed E-state index contributed by atoms with van der Waals surface area (Å²) in [6.07, 6.45) is -0.328. The molecule has 1 aromatic heterocycles. The molecule has 1 unspecified atom stereocenters. The molecule has 2 N–H and O–H groups in total. The third-order valence-corrected chi connectivity index (χ3v) is 4.37. The molecule has 142 valence electrons. The monoisotopic (exact) mass is 401 g/mol. The fourth-order valence-corrected chi connectivity index (χ4v) is 3.06. The van der Waals surface area contributed by atoms with Gasteiger partial charge in [0.15, 0.2) is 5.15 Å². The van der Waals surface area contributed by atoms with Crippen LogP contribution in [0.15, 0.2) is 22.5 Å². The largest absolute Gasteiger partial charge is 0.463 e. The molecule has 0 fully saturated rings. The number of hydrogen-bond acceptors (Lipinski definition) is 6. The van der Waals surface area contributed by atoms with Gasteiger partial charge < -0.3 is 19.8 Å². The minimum Gasteiger partial charge on any atom is -0.463 e. The maximum Gasteiger partial charge on any atom is 0.337 e. The number of rotatable bonds is 5. The van der Waals surface area contributed by atoms with Crippen molar-refractivity contribution in [1.82, 2.24) is 15.3 Å². The zero-order valence-corrected chi connectivity index (χ0v) is 16.7. The zero-order valence-electron chi connectivity index (χ0n) is 15.2. The van der Waals surface area contributed by atoms with Gasteiger partial charge in [-0.05, 0) is 34.6 Å². The summed E-state index contributed by atoms with van der Waals surface area (Å²) in [5, 5.41) is 3.22. The predicted molar refractivity (Wildman–Crippen MR) is 97.7 cm³/mol. The molecule has 7 nitrogen and oxygen atoms in total. The van der Waals surface area contributed by atoms with Gasteiger partial charge in [0.2, 0.25) is 0 Å². The number of hydrogen-bond donors (Lipinski definition) is 2. The van der Waals surface area contributed by atoms with E-state index in [1.807, 2.05) is 0 Å². The van der Waals surface area contributed by atoms with Crippen LogP contribution >= 0.6 is 23.2 Å². The van der Waals surface area contributed by atoms with Crippen LogP contribution in [0.4, 0.5) is 0 Å². The van der Waals surface area contributed by atoms with E-state index in [-0.39, 0.29) is 40.0 Å². The summed E-state index contributed by atoms with van der Waals surface area (Å²) in [4.78, 5) is 32.3. The van der Waals surface area contributed by atoms with E-state index in [0.29, 0.717) is 11.4 Å². The standard InChI is InChI=1S/C17H21Cl2N3O4/c1-6-25-16(23)10-8(4)20-9(5)11(17(24)26-7(2)3)12(10)15-21-13(18)14(19)22-15/h7,12,20H,6H2,1-5H3,(H,21,22). The molecule has 1 aromatic rings. The topological polar surface area (TPSA) is 93.3 Å². The summed E-state index contributed by atoms with van der Waals surface area (Å²) in [6.45, 7) is 8.83. The van der Waals surface area contributed by atoms with Crippen molar-refractivity contribution in [3.63, 3.8) is 0 Å². The summed E-state index contributed by atoms with van der Waals surface area (Å²) in [6, 6.07) is 0. The summed E-state index contributed by atoms with van der Waals surface area (Å²) in [5.74, 6) is -1.70. The molecule has 26 heavy (non-hydrogen) atoms. The van der Waals surface area contributed by atoms with E-state index in [1.165, 1.54) is 0 Å². The van der Waals surface area contributed by atoms with Gasteiger partial charge in [0, 0.05) is 11.4 Å². The molecule has 2 rings (SSSR count). The van der Waals surface area contributed by atoms with Gasteiger partial charge in [-0.3, -0.25) is 0 Å². The third-order valence-electron chi connectivity index (χ3n) is 3.73. The van der Waals surface area contributed by atoms with Crippen LogP contribution in [0.5, 0.6) is 0 Å². The number of allylic oxidation sites excluding steroid dienone is 2. The van der Waals surface area contributed by atoms with Gasteiger partial charge >= 0.3 is 11.9 Å². The normalized spacial score (nSPS) is 17.5. The molecule has 0 aromatic carbocycles. The van der Waals surface area contributed by atoms with E-state index >= 15 is 0 Å². The van der Waals surface area contributed by atoms with E-state index in [0.717, 1.165) is 0 Å². The van der Waals surface area contributed by atoms with Gasteiger partial charge in [-0.15, -0.1) is 0 Å². The minimum atomic E-state index is -0.841. The molecule has 1 aliphatic heterocycles. The van der Waals surface area contributed by atoms with Gasteiger partial charge in [0.05, 0.1) is 29.8 Å². The highest BCUT2D eigenvalue weighted by Gasteiger charge is 2.40. The molecule has 0 saturated heterocycles. The van der Waals surface area contributed by atoms with Crippen LogP contribution in [0, 0.1) is 0 Å². The first-order chi connectivity index (χ1) is 12.2. The molecule has 0 bridgehead atoms. The lowest BCUT2D eigenvalue weighted by atomic mass is 9.84. The van der Waals surface area contributed by atoms with Crippen molar-refractivity contribution >= 4 is 35.1 Å². The number of dihydropyridines is 1. The first-order valence-electron chi connectivity index (χ1n) is 8.14. The van der Waals surface area contributed by atoms with Crippen molar-refractivity contribution in [2.45, 2.75) is 46.6 Å². The maximum absolute atomic E-state index is 12.7. The van der Waals surface area contributed by atoms with Crippen molar-refractivity contribution in [2.75, 3.05) is 6.61 Å². The van der Waals surface area contributed by atoms with Crippen LogP contribution in [-0.2, 0) is 19.1 Å². The number of carbonyl (C=O) groups is 2. The lowest BCUT2D eigenvalue weighted by Crippen LogP contribution is -2.33. The highest BCUT2D eigenvalue weighted by atomic mass is 35.5. The second-order valence-electron chi connectivity index (χ2n) is 6.04. The lowest BCUT2D eigenvalue weighted by molar-refractivity contribution is -0.143. The van der Waals surface area contributed by atoms with Crippen molar-refractivity contribution in [3.8, 4) is 0 Å². The highest BCUT2D eigenvalue weighted by Crippen LogP contribution is 2.39. The van der Waals surface area contributed by atoms with Gasteiger partial charge in [-0.25, -0.2) is 14.6 Å². The first-order valence-corrected chi connectivity index (χ1v) is 8.90. The number of halogens is 2. The Kier molecular flexibility index (Phi) is 6.36. The van der Waals surface area contributed by atoms with Gasteiger partial charge in [0.1, 0.15) is 11.0 Å². The molecule has 0 aliphatic carbocycles. The summed E-state index contributed by atoms with van der Waals surface area (Å²) in [7, 11) is 0. The van der Waals surface area contributed by atoms with Crippen LogP contribution in [-0.4, -0.2) is 34.6 Å². The Labute approximate surface area is 161 Å². The van der Waals surface area contributed by atoms with E-state index in [9.17, 15) is 9.59 Å². The second kappa shape index (κ2) is 8.14. The summed E-state index contributed by atoms with van der Waals surface area (Å²) in [5.41, 5.74) is 1.59. The van der Waals surface area contributed by atoms with Crippen LogP contribution in [0.1, 0.15) is 46.4 Å². The van der Waals surface area contributed by atoms with E-state index < -0.39 is 17.9 Å². The number of nitrogens with one attached hydrogen (secondary N) is 2. The Morgan fingerprint density at radius 1 is 1.15 bits per heavy atom. The van der Waals surface area contributed by atoms with E-state index in [4.69, 9.17) is 32.7 Å². The Balaban J connectivity index is 2.63. The summed E-state index contributed by atoms with van der Waals surface area (Å²) >= 11 is 12.0. The summed E-state index contributed by atoms with van der Waals surface area (Å²) < 4.78 is 10.5. The van der Waals surface area contributed by atoms with Gasteiger partial charge in [-0.1, -0.05) is 23.2 Å². The van der Waals surface area contributed by atoms with E-state index in [1.54, 1.807) is 34.6 Å². The fourth-order valence-electron chi connectivity index (χ4n) is 2.78. The third kappa shape index (κ3) is 4.04. The number of carbonyl (C=O) groups excluding carboxylic acids is 2. The van der Waals surface area contributed by atoms with Crippen molar-refractivity contribution in [2.24, 2.45) is 0 Å². The second-order valence-corrected chi connectivity index (χ2v) is 6.77. The SMILES string of the molecule is CCOC(=O)C1=C(C)NC(C)=C(C(=O)OC(C)C)C1c1nc(Cl)c(Cl)[nH]1. The molecule has 2 heterocycles. The number of imidazole rings is 1. The molecule has 1 aliphatic rings. The zero-order chi connectivity index (χ0) is 19.6. The first kappa shape index (κ1) is 20.3. The molecule has 0 spiro atoms. The molecule has 0 radical (unpaired) electrons. The number of aromatic amines is 1. The Morgan fingerprint density at radius 3 is 2.19 bits per heavy atom. The average Bonchev–Trinajstić information content (AvgIpc) is 2.84. The number of ether oxygens (including phenoxy) is 2. The maximum atomic E-state index is 12.7. The number of esters is 2. The van der Waals surface area contributed by atoms with E-state index in [2.05, 4.69) is 15.3 Å². The number of H-pyrrole nitrogens is 1.